The second kappa shape index (κ2) is 8.60. The van der Waals surface area contributed by atoms with Crippen molar-refractivity contribution < 1.29 is 4.74 Å². The first kappa shape index (κ1) is 16.6. The zero-order valence-corrected chi connectivity index (χ0v) is 14.0. The zero-order chi connectivity index (χ0) is 15.8. The van der Waals surface area contributed by atoms with Gasteiger partial charge in [0.15, 0.2) is 5.11 Å². The minimum absolute atomic E-state index is 0.575. The molecule has 0 atom stereocenters. The predicted octanol–water partition coefficient (Wildman–Crippen LogP) is 3.31. The molecule has 0 aliphatic carbocycles. The third-order valence-corrected chi connectivity index (χ3v) is 3.33. The van der Waals surface area contributed by atoms with E-state index in [4.69, 9.17) is 28.6 Å². The number of rotatable bonds is 7. The van der Waals surface area contributed by atoms with Crippen molar-refractivity contribution in [3.63, 3.8) is 0 Å². The fourth-order valence-electron chi connectivity index (χ4n) is 1.92. The number of aromatic nitrogens is 2. The molecule has 0 aliphatic heterocycles. The van der Waals surface area contributed by atoms with E-state index in [2.05, 4.69) is 15.7 Å². The van der Waals surface area contributed by atoms with Crippen molar-refractivity contribution in [2.24, 2.45) is 0 Å². The third-order valence-electron chi connectivity index (χ3n) is 2.89. The van der Waals surface area contributed by atoms with Crippen molar-refractivity contribution >= 4 is 34.6 Å². The average molecular weight is 339 g/mol. The van der Waals surface area contributed by atoms with E-state index in [0.29, 0.717) is 16.7 Å². The molecule has 22 heavy (non-hydrogen) atoms. The number of nitrogens with one attached hydrogen (secondary N) is 2. The molecule has 1 aromatic heterocycles. The Morgan fingerprint density at radius 2 is 2.23 bits per heavy atom. The van der Waals surface area contributed by atoms with Crippen LogP contribution in [0.4, 0.5) is 5.69 Å². The van der Waals surface area contributed by atoms with E-state index in [0.717, 1.165) is 30.9 Å². The molecule has 0 radical (unpaired) electrons. The SMILES string of the molecule is CCOc1ccccc1NC(=S)NCCCn1cc(Cl)cn1. The Morgan fingerprint density at radius 3 is 2.95 bits per heavy atom. The van der Waals surface area contributed by atoms with Crippen LogP contribution in [0.15, 0.2) is 36.7 Å². The smallest absolute Gasteiger partial charge is 0.170 e. The fraction of sp³-hybridized carbons (Fsp3) is 0.333. The number of nitrogens with zero attached hydrogens (tertiary/aromatic N) is 2. The van der Waals surface area contributed by atoms with Crippen molar-refractivity contribution in [2.45, 2.75) is 19.9 Å². The van der Waals surface area contributed by atoms with Crippen LogP contribution in [-0.2, 0) is 6.54 Å². The number of benzene rings is 1. The average Bonchev–Trinajstić information content (AvgIpc) is 2.92. The number of para-hydroxylation sites is 2. The molecule has 2 N–H and O–H groups in total. The standard InChI is InChI=1S/C15H19ClN4OS/c1-2-21-14-7-4-3-6-13(14)19-15(22)17-8-5-9-20-11-12(16)10-18-20/h3-4,6-7,10-11H,2,5,8-9H2,1H3,(H2,17,19,22). The van der Waals surface area contributed by atoms with Gasteiger partial charge in [0.1, 0.15) is 5.75 Å². The van der Waals surface area contributed by atoms with Gasteiger partial charge in [-0.25, -0.2) is 0 Å². The highest BCUT2D eigenvalue weighted by molar-refractivity contribution is 7.80. The summed E-state index contributed by atoms with van der Waals surface area (Å²) in [6.45, 7) is 4.11. The van der Waals surface area contributed by atoms with E-state index in [1.165, 1.54) is 0 Å². The highest BCUT2D eigenvalue weighted by Crippen LogP contribution is 2.23. The van der Waals surface area contributed by atoms with Crippen LogP contribution in [0.5, 0.6) is 5.75 Å². The minimum Gasteiger partial charge on any atom is -0.492 e. The summed E-state index contributed by atoms with van der Waals surface area (Å²) in [7, 11) is 0. The van der Waals surface area contributed by atoms with E-state index < -0.39 is 0 Å². The molecule has 2 rings (SSSR count). The van der Waals surface area contributed by atoms with Gasteiger partial charge in [0.25, 0.3) is 0 Å². The van der Waals surface area contributed by atoms with Gasteiger partial charge in [-0.05, 0) is 37.7 Å². The topological polar surface area (TPSA) is 51.1 Å². The van der Waals surface area contributed by atoms with Gasteiger partial charge in [-0.1, -0.05) is 23.7 Å². The van der Waals surface area contributed by atoms with E-state index in [9.17, 15) is 0 Å². The lowest BCUT2D eigenvalue weighted by molar-refractivity contribution is 0.342. The number of hydrogen-bond donors (Lipinski definition) is 2. The van der Waals surface area contributed by atoms with Crippen LogP contribution in [0.25, 0.3) is 0 Å². The van der Waals surface area contributed by atoms with Gasteiger partial charge in [0, 0.05) is 19.3 Å². The molecule has 0 aliphatic rings. The molecule has 2 aromatic rings. The van der Waals surface area contributed by atoms with Gasteiger partial charge < -0.3 is 15.4 Å². The van der Waals surface area contributed by atoms with E-state index in [1.807, 2.05) is 35.9 Å². The first-order valence-electron chi connectivity index (χ1n) is 7.13. The summed E-state index contributed by atoms with van der Waals surface area (Å²) in [4.78, 5) is 0. The van der Waals surface area contributed by atoms with Gasteiger partial charge in [-0.3, -0.25) is 4.68 Å². The molecule has 5 nitrogen and oxygen atoms in total. The maximum Gasteiger partial charge on any atom is 0.170 e. The molecule has 0 unspecified atom stereocenters. The number of ether oxygens (including phenoxy) is 1. The molecular weight excluding hydrogens is 320 g/mol. The fourth-order valence-corrected chi connectivity index (χ4v) is 2.29. The molecule has 7 heteroatoms. The van der Waals surface area contributed by atoms with Crippen molar-refractivity contribution in [1.82, 2.24) is 15.1 Å². The summed E-state index contributed by atoms with van der Waals surface area (Å²) in [5.41, 5.74) is 0.862. The molecule has 0 saturated carbocycles. The lowest BCUT2D eigenvalue weighted by Gasteiger charge is -2.14. The molecule has 0 fully saturated rings. The normalized spacial score (nSPS) is 10.3. The first-order valence-corrected chi connectivity index (χ1v) is 7.92. The van der Waals surface area contributed by atoms with Crippen molar-refractivity contribution in [2.75, 3.05) is 18.5 Å². The van der Waals surface area contributed by atoms with Crippen LogP contribution in [0.3, 0.4) is 0 Å². The summed E-state index contributed by atoms with van der Waals surface area (Å²) in [6, 6.07) is 7.72. The highest BCUT2D eigenvalue weighted by atomic mass is 35.5. The summed E-state index contributed by atoms with van der Waals surface area (Å²) in [5, 5.41) is 11.7. The van der Waals surface area contributed by atoms with Crippen LogP contribution in [0.2, 0.25) is 5.02 Å². The maximum atomic E-state index is 5.81. The van der Waals surface area contributed by atoms with Gasteiger partial charge in [-0.15, -0.1) is 0 Å². The van der Waals surface area contributed by atoms with Gasteiger partial charge >= 0.3 is 0 Å². The second-order valence-electron chi connectivity index (χ2n) is 4.59. The Balaban J connectivity index is 1.74. The van der Waals surface area contributed by atoms with E-state index in [-0.39, 0.29) is 0 Å². The van der Waals surface area contributed by atoms with Crippen LogP contribution in [-0.4, -0.2) is 28.0 Å². The summed E-state index contributed by atoms with van der Waals surface area (Å²) >= 11 is 11.1. The minimum atomic E-state index is 0.575. The van der Waals surface area contributed by atoms with Gasteiger partial charge in [-0.2, -0.15) is 5.10 Å². The second-order valence-corrected chi connectivity index (χ2v) is 5.43. The van der Waals surface area contributed by atoms with Crippen LogP contribution >= 0.6 is 23.8 Å². The molecule has 0 saturated heterocycles. The summed E-state index contributed by atoms with van der Waals surface area (Å²) in [5.74, 6) is 0.792. The lowest BCUT2D eigenvalue weighted by Crippen LogP contribution is -2.30. The molecule has 1 heterocycles. The monoisotopic (exact) mass is 338 g/mol. The molecule has 0 amide bonds. The number of halogens is 1. The summed E-state index contributed by atoms with van der Waals surface area (Å²) < 4.78 is 7.36. The van der Waals surface area contributed by atoms with E-state index >= 15 is 0 Å². The molecular formula is C15H19ClN4OS. The van der Waals surface area contributed by atoms with Gasteiger partial charge in [0.05, 0.1) is 23.5 Å². The van der Waals surface area contributed by atoms with Crippen LogP contribution in [0, 0.1) is 0 Å². The zero-order valence-electron chi connectivity index (χ0n) is 12.4. The Bertz CT molecular complexity index is 617. The first-order chi connectivity index (χ1) is 10.7. The maximum absolute atomic E-state index is 5.81. The molecule has 1 aromatic carbocycles. The number of thiocarbonyl (C=S) groups is 1. The predicted molar refractivity (Wildman–Crippen MR) is 93.7 cm³/mol. The van der Waals surface area contributed by atoms with Crippen molar-refractivity contribution in [3.8, 4) is 5.75 Å². The van der Waals surface area contributed by atoms with Crippen LogP contribution < -0.4 is 15.4 Å². The number of aryl methyl sites for hydroxylation is 1. The highest BCUT2D eigenvalue weighted by Gasteiger charge is 2.04. The van der Waals surface area contributed by atoms with Crippen LogP contribution in [0.1, 0.15) is 13.3 Å². The Labute approximate surface area is 140 Å². The van der Waals surface area contributed by atoms with Crippen molar-refractivity contribution in [3.05, 3.63) is 41.7 Å². The Kier molecular flexibility index (Phi) is 6.48. The van der Waals surface area contributed by atoms with Crippen molar-refractivity contribution in [1.29, 1.82) is 0 Å². The molecule has 0 spiro atoms. The quantitative estimate of drug-likeness (QED) is 0.599. The summed E-state index contributed by atoms with van der Waals surface area (Å²) in [6.07, 6.45) is 4.33. The number of anilines is 1. The largest absolute Gasteiger partial charge is 0.492 e. The number of hydrogen-bond acceptors (Lipinski definition) is 3. The van der Waals surface area contributed by atoms with Gasteiger partial charge in [0.2, 0.25) is 0 Å². The lowest BCUT2D eigenvalue weighted by atomic mass is 10.3. The van der Waals surface area contributed by atoms with E-state index in [1.54, 1.807) is 12.4 Å². The third kappa shape index (κ3) is 5.20. The molecule has 118 valence electrons. The molecule has 0 bridgehead atoms. The Morgan fingerprint density at radius 1 is 1.41 bits per heavy atom. The Hall–Kier alpha value is -1.79.